The van der Waals surface area contributed by atoms with Crippen molar-refractivity contribution in [2.45, 2.75) is 18.2 Å². The van der Waals surface area contributed by atoms with Crippen LogP contribution in [0.4, 0.5) is 0 Å². The lowest BCUT2D eigenvalue weighted by molar-refractivity contribution is -0.142. The van der Waals surface area contributed by atoms with Crippen LogP contribution in [0.15, 0.2) is 53.4 Å². The fraction of sp³-hybridized carbons (Fsp3) is 0.222. The SMILES string of the molecule is Cc1ccc(S(=O)(=O)NCCC(=O)OCC(=O)c2ccccc2Cl)cc1. The topological polar surface area (TPSA) is 89.5 Å². The average molecular weight is 396 g/mol. The molecule has 2 aromatic carbocycles. The van der Waals surface area contributed by atoms with E-state index in [1.165, 1.54) is 18.2 Å². The molecule has 0 aliphatic rings. The molecule has 2 rings (SSSR count). The Morgan fingerprint density at radius 2 is 1.73 bits per heavy atom. The molecular weight excluding hydrogens is 378 g/mol. The number of benzene rings is 2. The van der Waals surface area contributed by atoms with Crippen molar-refractivity contribution in [2.75, 3.05) is 13.2 Å². The molecule has 0 fully saturated rings. The fourth-order valence-corrected chi connectivity index (χ4v) is 3.34. The van der Waals surface area contributed by atoms with Crippen LogP contribution in [0.25, 0.3) is 0 Å². The minimum Gasteiger partial charge on any atom is -0.457 e. The average Bonchev–Trinajstić information content (AvgIpc) is 2.60. The van der Waals surface area contributed by atoms with E-state index < -0.39 is 28.4 Å². The normalized spacial score (nSPS) is 11.2. The number of hydrogen-bond acceptors (Lipinski definition) is 5. The zero-order valence-corrected chi connectivity index (χ0v) is 15.6. The van der Waals surface area contributed by atoms with Gasteiger partial charge in [0.25, 0.3) is 0 Å². The minimum atomic E-state index is -3.69. The van der Waals surface area contributed by atoms with Crippen LogP contribution in [0.5, 0.6) is 0 Å². The number of sulfonamides is 1. The first-order valence-electron chi connectivity index (χ1n) is 7.79. The van der Waals surface area contributed by atoms with E-state index in [0.29, 0.717) is 0 Å². The molecule has 26 heavy (non-hydrogen) atoms. The number of aryl methyl sites for hydroxylation is 1. The maximum Gasteiger partial charge on any atom is 0.307 e. The van der Waals surface area contributed by atoms with Gasteiger partial charge in [0.15, 0.2) is 6.61 Å². The van der Waals surface area contributed by atoms with Crippen LogP contribution in [0, 0.1) is 6.92 Å². The number of carbonyl (C=O) groups excluding carboxylic acids is 2. The summed E-state index contributed by atoms with van der Waals surface area (Å²) in [6, 6.07) is 12.8. The molecule has 0 radical (unpaired) electrons. The fourth-order valence-electron chi connectivity index (χ4n) is 2.07. The van der Waals surface area contributed by atoms with Gasteiger partial charge in [0.2, 0.25) is 15.8 Å². The van der Waals surface area contributed by atoms with Gasteiger partial charge >= 0.3 is 5.97 Å². The Morgan fingerprint density at radius 1 is 1.08 bits per heavy atom. The second-order valence-corrected chi connectivity index (χ2v) is 7.70. The first-order valence-corrected chi connectivity index (χ1v) is 9.65. The number of hydrogen-bond donors (Lipinski definition) is 1. The highest BCUT2D eigenvalue weighted by molar-refractivity contribution is 7.89. The first kappa shape index (κ1) is 20.1. The number of ketones is 1. The van der Waals surface area contributed by atoms with E-state index in [-0.39, 0.29) is 28.4 Å². The number of Topliss-reactive ketones (excluding diaryl/α,β-unsaturated/α-hetero) is 1. The summed E-state index contributed by atoms with van der Waals surface area (Å²) in [4.78, 5) is 23.7. The van der Waals surface area contributed by atoms with Gasteiger partial charge in [-0.2, -0.15) is 0 Å². The van der Waals surface area contributed by atoms with E-state index in [9.17, 15) is 18.0 Å². The highest BCUT2D eigenvalue weighted by Gasteiger charge is 2.16. The number of ether oxygens (including phenoxy) is 1. The molecule has 0 unspecified atom stereocenters. The van der Waals surface area contributed by atoms with Crippen LogP contribution >= 0.6 is 11.6 Å². The largest absolute Gasteiger partial charge is 0.457 e. The smallest absolute Gasteiger partial charge is 0.307 e. The lowest BCUT2D eigenvalue weighted by Crippen LogP contribution is -2.27. The Labute approximate surface area is 157 Å². The zero-order chi connectivity index (χ0) is 19.2. The Balaban J connectivity index is 1.79. The third-order valence-corrected chi connectivity index (χ3v) is 5.30. The van der Waals surface area contributed by atoms with Crippen molar-refractivity contribution >= 4 is 33.4 Å². The van der Waals surface area contributed by atoms with Crippen LogP contribution in [-0.2, 0) is 19.6 Å². The van der Waals surface area contributed by atoms with Crippen LogP contribution in [0.2, 0.25) is 5.02 Å². The van der Waals surface area contributed by atoms with Gasteiger partial charge in [-0.3, -0.25) is 9.59 Å². The van der Waals surface area contributed by atoms with Gasteiger partial charge in [0, 0.05) is 12.1 Å². The predicted molar refractivity (Wildman–Crippen MR) is 97.7 cm³/mol. The molecule has 2 aromatic rings. The highest BCUT2D eigenvalue weighted by Crippen LogP contribution is 2.15. The van der Waals surface area contributed by atoms with E-state index in [0.717, 1.165) is 5.56 Å². The van der Waals surface area contributed by atoms with E-state index in [1.807, 2.05) is 6.92 Å². The van der Waals surface area contributed by atoms with Gasteiger partial charge in [-0.05, 0) is 31.2 Å². The molecule has 0 saturated heterocycles. The van der Waals surface area contributed by atoms with Gasteiger partial charge in [0.05, 0.1) is 16.3 Å². The molecule has 8 heteroatoms. The third-order valence-electron chi connectivity index (χ3n) is 3.49. The number of carbonyl (C=O) groups is 2. The zero-order valence-electron chi connectivity index (χ0n) is 14.1. The van der Waals surface area contributed by atoms with Crippen molar-refractivity contribution in [3.8, 4) is 0 Å². The van der Waals surface area contributed by atoms with E-state index in [4.69, 9.17) is 16.3 Å². The Bertz CT molecular complexity index is 894. The minimum absolute atomic E-state index is 0.116. The summed E-state index contributed by atoms with van der Waals surface area (Å²) in [6.07, 6.45) is -0.194. The van der Waals surface area contributed by atoms with Crippen molar-refractivity contribution < 1.29 is 22.7 Å². The summed E-state index contributed by atoms with van der Waals surface area (Å²) in [5.41, 5.74) is 1.21. The second-order valence-electron chi connectivity index (χ2n) is 5.52. The van der Waals surface area contributed by atoms with Gasteiger partial charge in [0.1, 0.15) is 0 Å². The lowest BCUT2D eigenvalue weighted by Gasteiger charge is -2.08. The van der Waals surface area contributed by atoms with Crippen LogP contribution < -0.4 is 4.72 Å². The molecule has 0 aliphatic heterocycles. The lowest BCUT2D eigenvalue weighted by atomic mass is 10.1. The summed E-state index contributed by atoms with van der Waals surface area (Å²) in [5, 5.41) is 0.277. The van der Waals surface area contributed by atoms with Crippen molar-refractivity contribution in [2.24, 2.45) is 0 Å². The maximum atomic E-state index is 12.1. The second kappa shape index (κ2) is 8.93. The third kappa shape index (κ3) is 5.66. The molecule has 138 valence electrons. The number of rotatable bonds is 8. The highest BCUT2D eigenvalue weighted by atomic mass is 35.5. The number of esters is 1. The van der Waals surface area contributed by atoms with Crippen LogP contribution in [0.1, 0.15) is 22.3 Å². The summed E-state index contributed by atoms with van der Waals surface area (Å²) < 4.78 is 31.4. The van der Waals surface area contributed by atoms with Gasteiger partial charge in [-0.1, -0.05) is 41.4 Å². The molecule has 0 aliphatic carbocycles. The number of nitrogens with one attached hydrogen (secondary N) is 1. The van der Waals surface area contributed by atoms with E-state index in [2.05, 4.69) is 4.72 Å². The standard InChI is InChI=1S/C18H18ClNO5S/c1-13-6-8-14(9-7-13)26(23,24)20-11-10-18(22)25-12-17(21)15-4-2-3-5-16(15)19/h2-9,20H,10-12H2,1H3. The summed E-state index contributed by atoms with van der Waals surface area (Å²) in [6.45, 7) is 1.27. The Hall–Kier alpha value is -2.22. The molecule has 1 N–H and O–H groups in total. The van der Waals surface area contributed by atoms with Gasteiger partial charge < -0.3 is 4.74 Å². The molecule has 0 heterocycles. The summed E-state index contributed by atoms with van der Waals surface area (Å²) in [7, 11) is -3.69. The van der Waals surface area contributed by atoms with E-state index in [1.54, 1.807) is 30.3 Å². The Morgan fingerprint density at radius 3 is 2.38 bits per heavy atom. The molecular formula is C18H18ClNO5S. The van der Waals surface area contributed by atoms with Crippen LogP contribution in [0.3, 0.4) is 0 Å². The van der Waals surface area contributed by atoms with Gasteiger partial charge in [-0.15, -0.1) is 0 Å². The predicted octanol–water partition coefficient (Wildman–Crippen LogP) is 2.74. The Kier molecular flexibility index (Phi) is 6.90. The summed E-state index contributed by atoms with van der Waals surface area (Å²) in [5.74, 6) is -1.11. The molecule has 0 amide bonds. The van der Waals surface area contributed by atoms with Crippen LogP contribution in [-0.4, -0.2) is 33.3 Å². The number of halogens is 1. The molecule has 6 nitrogen and oxygen atoms in total. The first-order chi connectivity index (χ1) is 12.3. The van der Waals surface area contributed by atoms with E-state index >= 15 is 0 Å². The molecule has 0 atom stereocenters. The van der Waals surface area contributed by atoms with Crippen molar-refractivity contribution in [3.05, 3.63) is 64.7 Å². The molecule has 0 saturated carbocycles. The molecule has 0 spiro atoms. The molecule has 0 aromatic heterocycles. The van der Waals surface area contributed by atoms with Crippen molar-refractivity contribution in [1.29, 1.82) is 0 Å². The van der Waals surface area contributed by atoms with Gasteiger partial charge in [-0.25, -0.2) is 13.1 Å². The monoisotopic (exact) mass is 395 g/mol. The molecule has 0 bridgehead atoms. The van der Waals surface area contributed by atoms with Crippen molar-refractivity contribution in [3.63, 3.8) is 0 Å². The quantitative estimate of drug-likeness (QED) is 0.548. The summed E-state index contributed by atoms with van der Waals surface area (Å²) >= 11 is 5.90. The maximum absolute atomic E-state index is 12.1. The van der Waals surface area contributed by atoms with Crippen molar-refractivity contribution in [1.82, 2.24) is 4.72 Å².